The number of aryl methyl sites for hydroxylation is 1. The van der Waals surface area contributed by atoms with E-state index in [-0.39, 0.29) is 6.54 Å². The summed E-state index contributed by atoms with van der Waals surface area (Å²) in [5, 5.41) is 12.9. The Morgan fingerprint density at radius 1 is 1.59 bits per heavy atom. The minimum atomic E-state index is -0.813. The molecule has 1 aromatic rings. The van der Waals surface area contributed by atoms with Crippen LogP contribution in [0.2, 0.25) is 0 Å². The fraction of sp³-hybridized carbons (Fsp3) is 0.636. The summed E-state index contributed by atoms with van der Waals surface area (Å²) in [5.41, 5.74) is 1.11. The lowest BCUT2D eigenvalue weighted by molar-refractivity contribution is -0.138. The van der Waals surface area contributed by atoms with E-state index in [0.29, 0.717) is 19.7 Å². The van der Waals surface area contributed by atoms with Gasteiger partial charge in [-0.3, -0.25) is 14.4 Å². The average Bonchev–Trinajstić information content (AvgIpc) is 2.68. The molecule has 0 aromatic carbocycles. The fourth-order valence-electron chi connectivity index (χ4n) is 1.57. The summed E-state index contributed by atoms with van der Waals surface area (Å²) in [6.07, 6.45) is 4.54. The average molecular weight is 241 g/mol. The molecule has 0 atom stereocenters. The molecule has 0 saturated heterocycles. The van der Waals surface area contributed by atoms with Gasteiger partial charge in [-0.25, -0.2) is 0 Å². The third-order valence-corrected chi connectivity index (χ3v) is 2.45. The van der Waals surface area contributed by atoms with E-state index in [1.807, 2.05) is 18.1 Å². The van der Waals surface area contributed by atoms with Crippen LogP contribution in [0, 0.1) is 0 Å². The van der Waals surface area contributed by atoms with E-state index < -0.39 is 5.97 Å². The first-order valence-corrected chi connectivity index (χ1v) is 5.52. The third-order valence-electron chi connectivity index (χ3n) is 2.45. The van der Waals surface area contributed by atoms with E-state index in [1.54, 1.807) is 18.0 Å². The van der Waals surface area contributed by atoms with Crippen LogP contribution in [0.3, 0.4) is 0 Å². The Hall–Kier alpha value is -1.40. The molecule has 1 heterocycles. The molecule has 0 bridgehead atoms. The van der Waals surface area contributed by atoms with Gasteiger partial charge in [0.1, 0.15) is 0 Å². The lowest BCUT2D eigenvalue weighted by Gasteiger charge is -2.19. The van der Waals surface area contributed by atoms with Crippen molar-refractivity contribution in [3.8, 4) is 0 Å². The van der Waals surface area contributed by atoms with Crippen molar-refractivity contribution < 1.29 is 14.6 Å². The Morgan fingerprint density at radius 3 is 2.88 bits per heavy atom. The lowest BCUT2D eigenvalue weighted by Crippen LogP contribution is -2.34. The number of nitrogens with zero attached hydrogens (tertiary/aromatic N) is 3. The van der Waals surface area contributed by atoms with E-state index in [4.69, 9.17) is 9.84 Å². The molecule has 0 spiro atoms. The van der Waals surface area contributed by atoms with Gasteiger partial charge in [0.05, 0.1) is 19.3 Å². The Balaban J connectivity index is 2.39. The second-order valence-corrected chi connectivity index (χ2v) is 3.93. The van der Waals surface area contributed by atoms with Gasteiger partial charge >= 0.3 is 5.97 Å². The number of carboxylic acid groups (broad SMARTS) is 1. The summed E-state index contributed by atoms with van der Waals surface area (Å²) in [6, 6.07) is 0. The fourth-order valence-corrected chi connectivity index (χ4v) is 1.57. The number of aliphatic carboxylic acids is 1. The zero-order valence-corrected chi connectivity index (χ0v) is 10.3. The highest BCUT2D eigenvalue weighted by molar-refractivity contribution is 5.69. The molecule has 1 N–H and O–H groups in total. The monoisotopic (exact) mass is 241 g/mol. The number of methoxy groups -OCH3 is 1. The third kappa shape index (κ3) is 5.46. The minimum absolute atomic E-state index is 0.0453. The van der Waals surface area contributed by atoms with Crippen LogP contribution < -0.4 is 0 Å². The number of carboxylic acids is 1. The van der Waals surface area contributed by atoms with Crippen molar-refractivity contribution >= 4 is 5.97 Å². The molecule has 0 saturated carbocycles. The van der Waals surface area contributed by atoms with Gasteiger partial charge in [-0.05, 0) is 12.0 Å². The van der Waals surface area contributed by atoms with Gasteiger partial charge in [0.2, 0.25) is 0 Å². The molecule has 0 amide bonds. The van der Waals surface area contributed by atoms with Gasteiger partial charge in [0.15, 0.2) is 0 Å². The summed E-state index contributed by atoms with van der Waals surface area (Å²) in [4.78, 5) is 12.5. The van der Waals surface area contributed by atoms with Crippen LogP contribution in [-0.4, -0.2) is 59.1 Å². The molecule has 0 aliphatic heterocycles. The van der Waals surface area contributed by atoms with Crippen LogP contribution in [0.4, 0.5) is 0 Å². The number of aromatic nitrogens is 2. The van der Waals surface area contributed by atoms with E-state index >= 15 is 0 Å². The van der Waals surface area contributed by atoms with Gasteiger partial charge in [-0.15, -0.1) is 0 Å². The number of ether oxygens (including phenoxy) is 1. The number of carbonyl (C=O) groups is 1. The van der Waals surface area contributed by atoms with Crippen molar-refractivity contribution in [2.75, 3.05) is 33.4 Å². The Bertz CT molecular complexity index is 351. The van der Waals surface area contributed by atoms with Gasteiger partial charge in [0.25, 0.3) is 0 Å². The molecule has 17 heavy (non-hydrogen) atoms. The Morgan fingerprint density at radius 2 is 2.35 bits per heavy atom. The molecule has 0 fully saturated rings. The molecule has 1 aromatic heterocycles. The van der Waals surface area contributed by atoms with Gasteiger partial charge in [0, 0.05) is 33.4 Å². The normalized spacial score (nSPS) is 11.0. The van der Waals surface area contributed by atoms with Crippen molar-refractivity contribution in [1.29, 1.82) is 0 Å². The van der Waals surface area contributed by atoms with Crippen LogP contribution >= 0.6 is 0 Å². The first-order chi connectivity index (χ1) is 8.11. The standard InChI is InChI=1S/C11H19N3O3/c1-13-8-10(7-12-13)3-4-14(5-6-17-2)9-11(15)16/h7-8H,3-6,9H2,1-2H3,(H,15,16). The zero-order valence-electron chi connectivity index (χ0n) is 10.3. The number of hydrogen-bond acceptors (Lipinski definition) is 4. The van der Waals surface area contributed by atoms with Crippen molar-refractivity contribution in [1.82, 2.24) is 14.7 Å². The van der Waals surface area contributed by atoms with Crippen LogP contribution in [0.15, 0.2) is 12.4 Å². The Kier molecular flexibility index (Phi) is 5.65. The van der Waals surface area contributed by atoms with E-state index in [1.165, 1.54) is 0 Å². The maximum atomic E-state index is 10.7. The van der Waals surface area contributed by atoms with Crippen molar-refractivity contribution in [2.45, 2.75) is 6.42 Å². The van der Waals surface area contributed by atoms with Gasteiger partial charge < -0.3 is 9.84 Å². The predicted molar refractivity (Wildman–Crippen MR) is 62.9 cm³/mol. The van der Waals surface area contributed by atoms with Crippen LogP contribution in [0.25, 0.3) is 0 Å². The summed E-state index contributed by atoms with van der Waals surface area (Å²) in [5.74, 6) is -0.813. The van der Waals surface area contributed by atoms with Crippen molar-refractivity contribution in [3.05, 3.63) is 18.0 Å². The second-order valence-electron chi connectivity index (χ2n) is 3.93. The summed E-state index contributed by atoms with van der Waals surface area (Å²) in [6.45, 7) is 1.91. The molecule has 6 heteroatoms. The van der Waals surface area contributed by atoms with Crippen LogP contribution in [0.1, 0.15) is 5.56 Å². The highest BCUT2D eigenvalue weighted by Crippen LogP contribution is 2.00. The van der Waals surface area contributed by atoms with E-state index in [9.17, 15) is 4.79 Å². The molecule has 1 rings (SSSR count). The SMILES string of the molecule is COCCN(CCc1cnn(C)c1)CC(=O)O. The predicted octanol–water partition coefficient (Wildman–Crippen LogP) is -0.00440. The van der Waals surface area contributed by atoms with Gasteiger partial charge in [-0.1, -0.05) is 0 Å². The molecule has 0 aliphatic carbocycles. The molecule has 0 unspecified atom stereocenters. The molecular weight excluding hydrogens is 222 g/mol. The van der Waals surface area contributed by atoms with Gasteiger partial charge in [-0.2, -0.15) is 5.10 Å². The van der Waals surface area contributed by atoms with E-state index in [0.717, 1.165) is 12.0 Å². The molecule has 0 radical (unpaired) electrons. The first kappa shape index (κ1) is 13.7. The molecular formula is C11H19N3O3. The van der Waals surface area contributed by atoms with Crippen molar-refractivity contribution in [3.63, 3.8) is 0 Å². The highest BCUT2D eigenvalue weighted by Gasteiger charge is 2.09. The summed E-state index contributed by atoms with van der Waals surface area (Å²) >= 11 is 0. The summed E-state index contributed by atoms with van der Waals surface area (Å²) < 4.78 is 6.70. The molecule has 6 nitrogen and oxygen atoms in total. The molecule has 0 aliphatic rings. The quantitative estimate of drug-likeness (QED) is 0.693. The highest BCUT2D eigenvalue weighted by atomic mass is 16.5. The topological polar surface area (TPSA) is 67.6 Å². The van der Waals surface area contributed by atoms with Crippen molar-refractivity contribution in [2.24, 2.45) is 7.05 Å². The van der Waals surface area contributed by atoms with E-state index in [2.05, 4.69) is 5.10 Å². The lowest BCUT2D eigenvalue weighted by atomic mass is 10.2. The van der Waals surface area contributed by atoms with Crippen LogP contribution in [-0.2, 0) is 23.0 Å². The van der Waals surface area contributed by atoms with Crippen LogP contribution in [0.5, 0.6) is 0 Å². The largest absolute Gasteiger partial charge is 0.480 e. The zero-order chi connectivity index (χ0) is 12.7. The molecule has 96 valence electrons. The minimum Gasteiger partial charge on any atom is -0.480 e. The maximum absolute atomic E-state index is 10.7. The smallest absolute Gasteiger partial charge is 0.317 e. The Labute approximate surface area is 101 Å². The second kappa shape index (κ2) is 7.03. The summed E-state index contributed by atoms with van der Waals surface area (Å²) in [7, 11) is 3.48. The number of rotatable bonds is 8. The maximum Gasteiger partial charge on any atom is 0.317 e. The first-order valence-electron chi connectivity index (χ1n) is 5.52. The number of hydrogen-bond donors (Lipinski definition) is 1.